The lowest BCUT2D eigenvalue weighted by Crippen LogP contribution is -2.37. The van der Waals surface area contributed by atoms with Gasteiger partial charge in [0.2, 0.25) is 0 Å². The van der Waals surface area contributed by atoms with Gasteiger partial charge in [0.05, 0.1) is 13.1 Å². The first kappa shape index (κ1) is 15.3. The van der Waals surface area contributed by atoms with Gasteiger partial charge in [-0.2, -0.15) is 0 Å². The first-order chi connectivity index (χ1) is 8.83. The van der Waals surface area contributed by atoms with Crippen LogP contribution in [0, 0.1) is 0 Å². The fourth-order valence-corrected chi connectivity index (χ4v) is 2.52. The van der Waals surface area contributed by atoms with Gasteiger partial charge < -0.3 is 0 Å². The molecule has 1 aromatic rings. The Morgan fingerprint density at radius 2 is 1.67 bits per heavy atom. The molecule has 1 heterocycles. The van der Waals surface area contributed by atoms with Crippen LogP contribution in [-0.2, 0) is 19.5 Å². The molecular formula is C16H31N2+. The zero-order valence-electron chi connectivity index (χ0n) is 12.6. The van der Waals surface area contributed by atoms with Gasteiger partial charge in [-0.25, -0.2) is 9.13 Å². The number of aryl methyl sites for hydroxylation is 2. The lowest BCUT2D eigenvalue weighted by atomic mass is 10.2. The van der Waals surface area contributed by atoms with E-state index in [1.54, 1.807) is 0 Å². The Balaban J connectivity index is 2.51. The van der Waals surface area contributed by atoms with Crippen LogP contribution in [0.5, 0.6) is 0 Å². The molecule has 1 rings (SSSR count). The van der Waals surface area contributed by atoms with Gasteiger partial charge in [-0.05, 0) is 26.2 Å². The van der Waals surface area contributed by atoms with E-state index in [1.807, 2.05) is 0 Å². The zero-order valence-corrected chi connectivity index (χ0v) is 12.6. The fourth-order valence-electron chi connectivity index (χ4n) is 2.52. The summed E-state index contributed by atoms with van der Waals surface area (Å²) in [6.07, 6.45) is 15.1. The Morgan fingerprint density at radius 1 is 0.944 bits per heavy atom. The Hall–Kier alpha value is -0.790. The van der Waals surface area contributed by atoms with Crippen LogP contribution in [-0.4, -0.2) is 4.57 Å². The molecule has 0 aliphatic heterocycles. The van der Waals surface area contributed by atoms with Crippen LogP contribution in [0.4, 0.5) is 0 Å². The molecule has 0 aliphatic rings. The highest BCUT2D eigenvalue weighted by Crippen LogP contribution is 2.05. The molecule has 0 aliphatic carbocycles. The van der Waals surface area contributed by atoms with E-state index in [9.17, 15) is 0 Å². The van der Waals surface area contributed by atoms with E-state index < -0.39 is 0 Å². The van der Waals surface area contributed by atoms with Gasteiger partial charge >= 0.3 is 0 Å². The molecule has 0 bridgehead atoms. The molecular weight excluding hydrogens is 220 g/mol. The quantitative estimate of drug-likeness (QED) is 0.437. The Kier molecular flexibility index (Phi) is 7.79. The third-order valence-electron chi connectivity index (χ3n) is 3.69. The fraction of sp³-hybridized carbons (Fsp3) is 0.812. The van der Waals surface area contributed by atoms with Crippen molar-refractivity contribution in [2.45, 2.75) is 85.2 Å². The summed E-state index contributed by atoms with van der Waals surface area (Å²) in [6, 6.07) is 0. The normalized spacial score (nSPS) is 11.1. The van der Waals surface area contributed by atoms with Crippen molar-refractivity contribution >= 4 is 0 Å². The lowest BCUT2D eigenvalue weighted by Gasteiger charge is -2.04. The summed E-state index contributed by atoms with van der Waals surface area (Å²) >= 11 is 0. The van der Waals surface area contributed by atoms with E-state index in [4.69, 9.17) is 0 Å². The van der Waals surface area contributed by atoms with Crippen molar-refractivity contribution in [2.24, 2.45) is 0 Å². The van der Waals surface area contributed by atoms with E-state index in [-0.39, 0.29) is 0 Å². The largest absolute Gasteiger partial charge is 0.256 e. The summed E-state index contributed by atoms with van der Waals surface area (Å²) in [6.45, 7) is 9.09. The summed E-state index contributed by atoms with van der Waals surface area (Å²) in [4.78, 5) is 0. The molecule has 0 unspecified atom stereocenters. The van der Waals surface area contributed by atoms with Crippen LogP contribution in [0.25, 0.3) is 0 Å². The molecule has 104 valence electrons. The average Bonchev–Trinajstić information content (AvgIpc) is 2.77. The Morgan fingerprint density at radius 3 is 2.33 bits per heavy atom. The number of hydrogen-bond donors (Lipinski definition) is 0. The van der Waals surface area contributed by atoms with Crippen LogP contribution in [0.2, 0.25) is 0 Å². The molecule has 0 saturated heterocycles. The summed E-state index contributed by atoms with van der Waals surface area (Å²) < 4.78 is 4.89. The SMILES string of the molecule is CCCCCC[n+]1ccn(CC)c1CCCCC. The second-order valence-corrected chi connectivity index (χ2v) is 5.21. The maximum atomic E-state index is 2.48. The average molecular weight is 251 g/mol. The van der Waals surface area contributed by atoms with Crippen molar-refractivity contribution in [3.63, 3.8) is 0 Å². The Bertz CT molecular complexity index is 315. The molecule has 0 N–H and O–H groups in total. The number of unbranched alkanes of at least 4 members (excludes halogenated alkanes) is 5. The van der Waals surface area contributed by atoms with E-state index in [0.717, 1.165) is 6.54 Å². The molecule has 0 aromatic carbocycles. The topological polar surface area (TPSA) is 8.81 Å². The molecule has 0 spiro atoms. The van der Waals surface area contributed by atoms with Crippen LogP contribution >= 0.6 is 0 Å². The maximum absolute atomic E-state index is 2.48. The van der Waals surface area contributed by atoms with Crippen LogP contribution in [0.15, 0.2) is 12.4 Å². The molecule has 2 heteroatoms. The van der Waals surface area contributed by atoms with Gasteiger partial charge in [0.25, 0.3) is 5.82 Å². The van der Waals surface area contributed by atoms with E-state index >= 15 is 0 Å². The highest BCUT2D eigenvalue weighted by atomic mass is 15.1. The molecule has 0 fully saturated rings. The van der Waals surface area contributed by atoms with Crippen LogP contribution in [0.3, 0.4) is 0 Å². The van der Waals surface area contributed by atoms with Gasteiger partial charge in [-0.1, -0.05) is 39.5 Å². The number of aromatic nitrogens is 2. The third kappa shape index (κ3) is 4.83. The summed E-state index contributed by atoms with van der Waals surface area (Å²) in [5, 5.41) is 0. The summed E-state index contributed by atoms with van der Waals surface area (Å²) in [7, 11) is 0. The highest BCUT2D eigenvalue weighted by Gasteiger charge is 2.14. The summed E-state index contributed by atoms with van der Waals surface area (Å²) in [5.41, 5.74) is 0. The second-order valence-electron chi connectivity index (χ2n) is 5.21. The minimum absolute atomic E-state index is 1.10. The van der Waals surface area contributed by atoms with Gasteiger partial charge in [0, 0.05) is 6.42 Å². The standard InChI is InChI=1S/C16H31N2/c1-4-7-9-11-13-18-15-14-17(6-3)16(18)12-10-8-5-2/h14-15H,4-13H2,1-3H3/q+1. The first-order valence-corrected chi connectivity index (χ1v) is 7.90. The lowest BCUT2D eigenvalue weighted by molar-refractivity contribution is -0.704. The highest BCUT2D eigenvalue weighted by molar-refractivity contribution is 4.83. The predicted octanol–water partition coefficient (Wildman–Crippen LogP) is 4.11. The second kappa shape index (κ2) is 9.18. The first-order valence-electron chi connectivity index (χ1n) is 7.90. The smallest absolute Gasteiger partial charge is 0.235 e. The van der Waals surface area contributed by atoms with Crippen molar-refractivity contribution in [3.8, 4) is 0 Å². The molecule has 18 heavy (non-hydrogen) atoms. The van der Waals surface area contributed by atoms with Gasteiger partial charge in [-0.15, -0.1) is 0 Å². The molecule has 0 atom stereocenters. The number of nitrogens with zero attached hydrogens (tertiary/aromatic N) is 2. The predicted molar refractivity (Wildman–Crippen MR) is 77.7 cm³/mol. The molecule has 0 saturated carbocycles. The van der Waals surface area contributed by atoms with Crippen LogP contribution in [0.1, 0.15) is 71.5 Å². The van der Waals surface area contributed by atoms with Crippen molar-refractivity contribution in [1.82, 2.24) is 4.57 Å². The summed E-state index contributed by atoms with van der Waals surface area (Å²) in [5.74, 6) is 1.53. The molecule has 0 radical (unpaired) electrons. The number of hydrogen-bond acceptors (Lipinski definition) is 0. The third-order valence-corrected chi connectivity index (χ3v) is 3.69. The minimum Gasteiger partial charge on any atom is -0.235 e. The van der Waals surface area contributed by atoms with Crippen molar-refractivity contribution < 1.29 is 4.57 Å². The van der Waals surface area contributed by atoms with E-state index in [2.05, 4.69) is 42.3 Å². The minimum atomic E-state index is 1.10. The number of imidazole rings is 1. The van der Waals surface area contributed by atoms with Crippen molar-refractivity contribution in [3.05, 3.63) is 18.2 Å². The number of rotatable bonds is 10. The maximum Gasteiger partial charge on any atom is 0.256 e. The molecule has 2 nitrogen and oxygen atoms in total. The zero-order chi connectivity index (χ0) is 13.2. The van der Waals surface area contributed by atoms with Crippen LogP contribution < -0.4 is 4.57 Å². The van der Waals surface area contributed by atoms with Crippen molar-refractivity contribution in [2.75, 3.05) is 0 Å². The van der Waals surface area contributed by atoms with Gasteiger partial charge in [0.15, 0.2) is 0 Å². The van der Waals surface area contributed by atoms with Gasteiger partial charge in [-0.3, -0.25) is 0 Å². The van der Waals surface area contributed by atoms with E-state index in [1.165, 1.54) is 63.7 Å². The molecule has 1 aromatic heterocycles. The molecule has 0 amide bonds. The Labute approximate surface area is 113 Å². The van der Waals surface area contributed by atoms with Gasteiger partial charge in [0.1, 0.15) is 12.4 Å². The monoisotopic (exact) mass is 251 g/mol. The van der Waals surface area contributed by atoms with E-state index in [0.29, 0.717) is 0 Å². The van der Waals surface area contributed by atoms with Crippen molar-refractivity contribution in [1.29, 1.82) is 0 Å².